The summed E-state index contributed by atoms with van der Waals surface area (Å²) in [6, 6.07) is 22.6. The summed E-state index contributed by atoms with van der Waals surface area (Å²) in [5, 5.41) is 3.40. The van der Waals surface area contributed by atoms with Crippen molar-refractivity contribution in [3.63, 3.8) is 0 Å². The molecule has 2 heterocycles. The van der Waals surface area contributed by atoms with Gasteiger partial charge in [0.1, 0.15) is 10.6 Å². The molecule has 0 fully saturated rings. The van der Waals surface area contributed by atoms with Gasteiger partial charge in [-0.3, -0.25) is 0 Å². The molecule has 0 bridgehead atoms. The summed E-state index contributed by atoms with van der Waals surface area (Å²) in [5.41, 5.74) is 2.78. The van der Waals surface area contributed by atoms with Crippen LogP contribution >= 0.6 is 12.4 Å². The zero-order valence-corrected chi connectivity index (χ0v) is 21.1. The zero-order chi connectivity index (χ0) is 23.3. The highest BCUT2D eigenvalue weighted by atomic mass is 35.5. The second-order valence-corrected chi connectivity index (χ2v) is 10.3. The summed E-state index contributed by atoms with van der Waals surface area (Å²) in [5.74, 6) is 0.760. The average Bonchev–Trinajstić information content (AvgIpc) is 3.23. The fraction of sp³-hybridized carbons (Fsp3) is 0.259. The van der Waals surface area contributed by atoms with Crippen LogP contribution in [0.15, 0.2) is 95.0 Å². The van der Waals surface area contributed by atoms with Gasteiger partial charge in [0.15, 0.2) is 0 Å². The van der Waals surface area contributed by atoms with Gasteiger partial charge in [-0.1, -0.05) is 50.2 Å². The van der Waals surface area contributed by atoms with E-state index in [0.29, 0.717) is 22.8 Å². The predicted octanol–water partition coefficient (Wildman–Crippen LogP) is 5.88. The zero-order valence-electron chi connectivity index (χ0n) is 19.5. The Kier molecular flexibility index (Phi) is 8.78. The lowest BCUT2D eigenvalue weighted by Gasteiger charge is -2.11. The highest BCUT2D eigenvalue weighted by molar-refractivity contribution is 7.91. The van der Waals surface area contributed by atoms with E-state index in [4.69, 9.17) is 4.74 Å². The van der Waals surface area contributed by atoms with Crippen LogP contribution in [0.3, 0.4) is 0 Å². The second kappa shape index (κ2) is 11.6. The van der Waals surface area contributed by atoms with Crippen molar-refractivity contribution in [2.45, 2.75) is 42.5 Å². The number of hydrogen-bond acceptors (Lipinski definition) is 4. The van der Waals surface area contributed by atoms with E-state index < -0.39 is 9.84 Å². The quantitative estimate of drug-likeness (QED) is 0.277. The van der Waals surface area contributed by atoms with Gasteiger partial charge >= 0.3 is 0 Å². The van der Waals surface area contributed by atoms with Gasteiger partial charge in [0.2, 0.25) is 9.84 Å². The fourth-order valence-corrected chi connectivity index (χ4v) is 5.65. The molecule has 0 spiro atoms. The molecule has 4 aromatic rings. The molecule has 0 saturated heterocycles. The number of sulfone groups is 1. The van der Waals surface area contributed by atoms with Crippen molar-refractivity contribution < 1.29 is 13.2 Å². The molecule has 0 aliphatic rings. The van der Waals surface area contributed by atoms with Gasteiger partial charge in [0.05, 0.1) is 17.0 Å². The number of rotatable bonds is 10. The van der Waals surface area contributed by atoms with Gasteiger partial charge in [-0.05, 0) is 66.4 Å². The standard InChI is InChI=1S/C27H30N2O3S.ClH/c1-21(2)25-20-29-17-7-6-11-26(29)27(25)33(30,31)24-14-12-23(13-15-24)32-18-8-16-28-19-22-9-4-3-5-10-22;/h3-7,9-15,17,20-21,28H,8,16,18-19H2,1-2H3;1H. The molecule has 5 nitrogen and oxygen atoms in total. The molecule has 4 rings (SSSR count). The minimum absolute atomic E-state index is 0. The van der Waals surface area contributed by atoms with E-state index >= 15 is 0 Å². The summed E-state index contributed by atoms with van der Waals surface area (Å²) in [4.78, 5) is 0.662. The molecule has 2 aromatic carbocycles. The van der Waals surface area contributed by atoms with Crippen molar-refractivity contribution >= 4 is 27.8 Å². The number of nitrogens with zero attached hydrogens (tertiary/aromatic N) is 1. The molecular weight excluding hydrogens is 468 g/mol. The van der Waals surface area contributed by atoms with Gasteiger partial charge in [-0.15, -0.1) is 12.4 Å². The summed E-state index contributed by atoms with van der Waals surface area (Å²) in [6.07, 6.45) is 4.66. The van der Waals surface area contributed by atoms with Crippen LogP contribution in [0, 0.1) is 0 Å². The van der Waals surface area contributed by atoms with E-state index in [9.17, 15) is 8.42 Å². The van der Waals surface area contributed by atoms with Crippen LogP contribution in [-0.2, 0) is 16.4 Å². The maximum atomic E-state index is 13.5. The smallest absolute Gasteiger partial charge is 0.209 e. The summed E-state index contributed by atoms with van der Waals surface area (Å²) >= 11 is 0. The highest BCUT2D eigenvalue weighted by Crippen LogP contribution is 2.34. The Balaban J connectivity index is 0.00000324. The van der Waals surface area contributed by atoms with E-state index in [0.717, 1.165) is 25.1 Å². The predicted molar refractivity (Wildman–Crippen MR) is 139 cm³/mol. The van der Waals surface area contributed by atoms with Crippen LogP contribution < -0.4 is 10.1 Å². The molecule has 0 atom stereocenters. The van der Waals surface area contributed by atoms with E-state index in [1.807, 2.05) is 67.0 Å². The molecule has 2 aromatic heterocycles. The molecule has 7 heteroatoms. The number of hydrogen-bond donors (Lipinski definition) is 1. The second-order valence-electron chi connectivity index (χ2n) is 8.40. The van der Waals surface area contributed by atoms with Crippen molar-refractivity contribution in [1.29, 1.82) is 0 Å². The Labute approximate surface area is 208 Å². The van der Waals surface area contributed by atoms with Crippen molar-refractivity contribution in [2.75, 3.05) is 13.2 Å². The van der Waals surface area contributed by atoms with Gasteiger partial charge in [-0.25, -0.2) is 8.42 Å². The Morgan fingerprint density at radius 1 is 0.941 bits per heavy atom. The van der Waals surface area contributed by atoms with Crippen LogP contribution in [0.1, 0.15) is 37.3 Å². The van der Waals surface area contributed by atoms with Crippen LogP contribution in [0.4, 0.5) is 0 Å². The first-order valence-electron chi connectivity index (χ1n) is 11.3. The first-order valence-corrected chi connectivity index (χ1v) is 12.8. The van der Waals surface area contributed by atoms with Crippen molar-refractivity contribution in [3.8, 4) is 5.75 Å². The maximum absolute atomic E-state index is 13.5. The molecular formula is C27H31ClN2O3S. The maximum Gasteiger partial charge on any atom is 0.209 e. The third kappa shape index (κ3) is 5.81. The molecule has 0 unspecified atom stereocenters. The molecule has 0 amide bonds. The number of fused-ring (bicyclic) bond motifs is 1. The highest BCUT2D eigenvalue weighted by Gasteiger charge is 2.27. The number of halogens is 1. The van der Waals surface area contributed by atoms with E-state index in [2.05, 4.69) is 17.4 Å². The van der Waals surface area contributed by atoms with Gasteiger partial charge in [-0.2, -0.15) is 0 Å². The van der Waals surface area contributed by atoms with Gasteiger partial charge in [0.25, 0.3) is 0 Å². The number of aromatic nitrogens is 1. The average molecular weight is 499 g/mol. The van der Waals surface area contributed by atoms with E-state index in [1.165, 1.54) is 5.56 Å². The van der Waals surface area contributed by atoms with Crippen LogP contribution in [0.5, 0.6) is 5.75 Å². The molecule has 1 N–H and O–H groups in total. The van der Waals surface area contributed by atoms with E-state index in [1.54, 1.807) is 24.3 Å². The molecule has 0 radical (unpaired) electrons. The number of benzene rings is 2. The monoisotopic (exact) mass is 498 g/mol. The lowest BCUT2D eigenvalue weighted by atomic mass is 10.1. The van der Waals surface area contributed by atoms with Crippen molar-refractivity contribution in [3.05, 3.63) is 96.3 Å². The van der Waals surface area contributed by atoms with Crippen LogP contribution in [0.2, 0.25) is 0 Å². The van der Waals surface area contributed by atoms with Crippen LogP contribution in [0.25, 0.3) is 5.52 Å². The number of nitrogens with one attached hydrogen (secondary N) is 1. The number of pyridine rings is 1. The Morgan fingerprint density at radius 3 is 2.35 bits per heavy atom. The third-order valence-corrected chi connectivity index (χ3v) is 7.50. The van der Waals surface area contributed by atoms with Gasteiger partial charge < -0.3 is 14.5 Å². The summed E-state index contributed by atoms with van der Waals surface area (Å²) in [6.45, 7) is 6.27. The molecule has 34 heavy (non-hydrogen) atoms. The van der Waals surface area contributed by atoms with Crippen molar-refractivity contribution in [1.82, 2.24) is 9.72 Å². The van der Waals surface area contributed by atoms with Crippen molar-refractivity contribution in [2.24, 2.45) is 0 Å². The van der Waals surface area contributed by atoms with E-state index in [-0.39, 0.29) is 23.2 Å². The molecule has 0 aliphatic heterocycles. The lowest BCUT2D eigenvalue weighted by Crippen LogP contribution is -2.16. The molecule has 0 aliphatic carbocycles. The third-order valence-electron chi connectivity index (χ3n) is 5.63. The molecule has 0 saturated carbocycles. The summed E-state index contributed by atoms with van der Waals surface area (Å²) < 4.78 is 34.8. The first kappa shape index (κ1) is 25.8. The molecule has 180 valence electrons. The Bertz CT molecular complexity index is 1300. The Morgan fingerprint density at radius 2 is 1.65 bits per heavy atom. The lowest BCUT2D eigenvalue weighted by molar-refractivity contribution is 0.308. The Hall–Kier alpha value is -2.80. The minimum atomic E-state index is -3.66. The minimum Gasteiger partial charge on any atom is -0.494 e. The van der Waals surface area contributed by atoms with Crippen LogP contribution in [-0.4, -0.2) is 26.0 Å². The van der Waals surface area contributed by atoms with Gasteiger partial charge in [0, 0.05) is 18.9 Å². The first-order chi connectivity index (χ1) is 16.0. The fourth-order valence-electron chi connectivity index (χ4n) is 3.87. The topological polar surface area (TPSA) is 59.8 Å². The summed E-state index contributed by atoms with van der Waals surface area (Å²) in [7, 11) is -3.66. The normalized spacial score (nSPS) is 11.5. The SMILES string of the molecule is CC(C)c1cn2ccccc2c1S(=O)(=O)c1ccc(OCCCNCc2ccccc2)cc1.Cl. The largest absolute Gasteiger partial charge is 0.494 e. The number of ether oxygens (including phenoxy) is 1.